The second kappa shape index (κ2) is 10.6. The lowest BCUT2D eigenvalue weighted by molar-refractivity contribution is 0.0946. The number of hydrogen-bond acceptors (Lipinski definition) is 7. The quantitative estimate of drug-likeness (QED) is 0.292. The number of nitrogens with zero attached hydrogens (tertiary/aromatic N) is 5. The molecule has 1 amide bonds. The third-order valence-corrected chi connectivity index (χ3v) is 7.30. The van der Waals surface area contributed by atoms with Gasteiger partial charge in [0.2, 0.25) is 0 Å². The third-order valence-electron chi connectivity index (χ3n) is 5.33. The number of carbonyl (C=O) groups excluding carboxylic acids is 1. The Morgan fingerprint density at radius 2 is 1.77 bits per heavy atom. The molecule has 0 bridgehead atoms. The first-order chi connectivity index (χ1) is 17.2. The summed E-state index contributed by atoms with van der Waals surface area (Å²) >= 11 is 3.01. The maximum Gasteiger partial charge on any atom is 0.271 e. The van der Waals surface area contributed by atoms with Gasteiger partial charge in [-0.1, -0.05) is 60.3 Å². The van der Waals surface area contributed by atoms with E-state index in [0.717, 1.165) is 38.4 Å². The molecule has 7 nitrogen and oxygen atoms in total. The number of pyridine rings is 1. The normalized spacial score (nSPS) is 10.9. The van der Waals surface area contributed by atoms with Crippen LogP contribution in [0.25, 0.3) is 17.1 Å². The standard InChI is InChI=1S/C26H22N6OS2/c1-18-7-5-6-10-22(18)32-24(20-11-13-27-14-12-20)30-31-26(32)35-17-23-29-21(16-34-23)25(33)28-15-19-8-3-2-4-9-19/h2-14,16H,15,17H2,1H3,(H,28,33). The predicted octanol–water partition coefficient (Wildman–Crippen LogP) is 5.32. The Balaban J connectivity index is 1.33. The van der Waals surface area contributed by atoms with E-state index in [2.05, 4.69) is 49.1 Å². The summed E-state index contributed by atoms with van der Waals surface area (Å²) in [7, 11) is 0. The number of aromatic nitrogens is 5. The number of aryl methyl sites for hydroxylation is 1. The molecule has 0 radical (unpaired) electrons. The summed E-state index contributed by atoms with van der Waals surface area (Å²) < 4.78 is 2.07. The first-order valence-corrected chi connectivity index (χ1v) is 12.9. The van der Waals surface area contributed by atoms with Crippen LogP contribution in [-0.2, 0) is 12.3 Å². The van der Waals surface area contributed by atoms with Crippen molar-refractivity contribution in [3.63, 3.8) is 0 Å². The van der Waals surface area contributed by atoms with Crippen LogP contribution in [0.3, 0.4) is 0 Å². The zero-order chi connectivity index (χ0) is 24.0. The molecule has 174 valence electrons. The predicted molar refractivity (Wildman–Crippen MR) is 139 cm³/mol. The van der Waals surface area contributed by atoms with E-state index in [-0.39, 0.29) is 5.91 Å². The van der Waals surface area contributed by atoms with Crippen LogP contribution < -0.4 is 5.32 Å². The van der Waals surface area contributed by atoms with Gasteiger partial charge in [0.15, 0.2) is 11.0 Å². The molecular formula is C26H22N6OS2. The number of para-hydroxylation sites is 1. The summed E-state index contributed by atoms with van der Waals surface area (Å²) in [6.45, 7) is 2.54. The highest BCUT2D eigenvalue weighted by Crippen LogP contribution is 2.31. The Morgan fingerprint density at radius 1 is 1.00 bits per heavy atom. The van der Waals surface area contributed by atoms with Crippen molar-refractivity contribution in [3.05, 3.63) is 106 Å². The highest BCUT2D eigenvalue weighted by molar-refractivity contribution is 7.98. The van der Waals surface area contributed by atoms with Crippen molar-refractivity contribution in [2.24, 2.45) is 0 Å². The van der Waals surface area contributed by atoms with Crippen LogP contribution in [0.1, 0.15) is 26.6 Å². The molecule has 0 atom stereocenters. The Kier molecular flexibility index (Phi) is 6.97. The van der Waals surface area contributed by atoms with Crippen molar-refractivity contribution in [1.29, 1.82) is 0 Å². The van der Waals surface area contributed by atoms with Gasteiger partial charge in [0.25, 0.3) is 5.91 Å². The maximum absolute atomic E-state index is 12.5. The summed E-state index contributed by atoms with van der Waals surface area (Å²) in [6, 6.07) is 21.8. The van der Waals surface area contributed by atoms with E-state index in [0.29, 0.717) is 18.0 Å². The summed E-state index contributed by atoms with van der Waals surface area (Å²) in [5.41, 5.74) is 4.56. The van der Waals surface area contributed by atoms with Crippen LogP contribution in [0.15, 0.2) is 89.7 Å². The van der Waals surface area contributed by atoms with E-state index >= 15 is 0 Å². The molecule has 0 saturated heterocycles. The van der Waals surface area contributed by atoms with E-state index < -0.39 is 0 Å². The largest absolute Gasteiger partial charge is 0.347 e. The number of thiazole rings is 1. The van der Waals surface area contributed by atoms with Gasteiger partial charge in [0.1, 0.15) is 10.7 Å². The highest BCUT2D eigenvalue weighted by atomic mass is 32.2. The molecule has 0 fully saturated rings. The number of carbonyl (C=O) groups is 1. The Bertz CT molecular complexity index is 1430. The first kappa shape index (κ1) is 22.9. The fourth-order valence-corrected chi connectivity index (χ4v) is 5.30. The second-order valence-corrected chi connectivity index (χ2v) is 9.63. The minimum Gasteiger partial charge on any atom is -0.347 e. The van der Waals surface area contributed by atoms with E-state index in [9.17, 15) is 4.79 Å². The van der Waals surface area contributed by atoms with E-state index in [1.807, 2.05) is 54.6 Å². The maximum atomic E-state index is 12.5. The Labute approximate surface area is 211 Å². The minimum absolute atomic E-state index is 0.176. The van der Waals surface area contributed by atoms with Crippen molar-refractivity contribution >= 4 is 29.0 Å². The molecule has 0 aliphatic heterocycles. The zero-order valence-corrected chi connectivity index (χ0v) is 20.6. The average molecular weight is 499 g/mol. The number of nitrogens with one attached hydrogen (secondary N) is 1. The first-order valence-electron chi connectivity index (χ1n) is 11.0. The molecule has 3 heterocycles. The van der Waals surface area contributed by atoms with E-state index in [1.165, 1.54) is 11.3 Å². The van der Waals surface area contributed by atoms with Gasteiger partial charge >= 0.3 is 0 Å². The lowest BCUT2D eigenvalue weighted by Gasteiger charge is -2.12. The van der Waals surface area contributed by atoms with E-state index in [4.69, 9.17) is 0 Å². The molecule has 0 saturated carbocycles. The van der Waals surface area contributed by atoms with Crippen LogP contribution >= 0.6 is 23.1 Å². The summed E-state index contributed by atoms with van der Waals surface area (Å²) in [6.07, 6.45) is 3.50. The molecular weight excluding hydrogens is 476 g/mol. The molecule has 9 heteroatoms. The molecule has 1 N–H and O–H groups in total. The van der Waals surface area contributed by atoms with E-state index in [1.54, 1.807) is 29.5 Å². The van der Waals surface area contributed by atoms with Gasteiger partial charge in [0.05, 0.1) is 11.4 Å². The molecule has 0 aliphatic rings. The molecule has 0 unspecified atom stereocenters. The SMILES string of the molecule is Cc1ccccc1-n1c(SCc2nc(C(=O)NCc3ccccc3)cs2)nnc1-c1ccncc1. The van der Waals surface area contributed by atoms with Crippen molar-refractivity contribution in [2.45, 2.75) is 24.4 Å². The van der Waals surface area contributed by atoms with Gasteiger partial charge < -0.3 is 5.32 Å². The van der Waals surface area contributed by atoms with Gasteiger partial charge in [-0.15, -0.1) is 21.5 Å². The van der Waals surface area contributed by atoms with Crippen molar-refractivity contribution in [1.82, 2.24) is 30.0 Å². The zero-order valence-electron chi connectivity index (χ0n) is 19.0. The number of thioether (sulfide) groups is 1. The molecule has 5 rings (SSSR count). The van der Waals surface area contributed by atoms with Crippen LogP contribution in [-0.4, -0.2) is 30.6 Å². The van der Waals surface area contributed by atoms with Crippen LogP contribution in [0.4, 0.5) is 0 Å². The topological polar surface area (TPSA) is 85.6 Å². The molecule has 2 aromatic carbocycles. The molecule has 3 aromatic heterocycles. The molecule has 35 heavy (non-hydrogen) atoms. The third kappa shape index (κ3) is 5.31. The van der Waals surface area contributed by atoms with Gasteiger partial charge in [-0.05, 0) is 36.2 Å². The van der Waals surface area contributed by atoms with Gasteiger partial charge in [0, 0.05) is 29.9 Å². The summed E-state index contributed by atoms with van der Waals surface area (Å²) in [5, 5.41) is 15.3. The molecule has 0 spiro atoms. The second-order valence-electron chi connectivity index (χ2n) is 7.75. The number of hydrogen-bond donors (Lipinski definition) is 1. The number of benzene rings is 2. The Morgan fingerprint density at radius 3 is 2.57 bits per heavy atom. The van der Waals surface area contributed by atoms with Crippen LogP contribution in [0, 0.1) is 6.92 Å². The van der Waals surface area contributed by atoms with Gasteiger partial charge in [-0.2, -0.15) is 0 Å². The number of rotatable bonds is 8. The summed E-state index contributed by atoms with van der Waals surface area (Å²) in [5.74, 6) is 1.16. The van der Waals surface area contributed by atoms with Crippen molar-refractivity contribution in [3.8, 4) is 17.1 Å². The smallest absolute Gasteiger partial charge is 0.271 e. The van der Waals surface area contributed by atoms with Gasteiger partial charge in [-0.3, -0.25) is 14.3 Å². The van der Waals surface area contributed by atoms with Crippen molar-refractivity contribution < 1.29 is 4.79 Å². The fourth-order valence-electron chi connectivity index (χ4n) is 3.56. The number of amides is 1. The summed E-state index contributed by atoms with van der Waals surface area (Å²) in [4.78, 5) is 21.2. The minimum atomic E-state index is -0.176. The monoisotopic (exact) mass is 498 g/mol. The molecule has 0 aliphatic carbocycles. The van der Waals surface area contributed by atoms with Gasteiger partial charge in [-0.25, -0.2) is 4.98 Å². The van der Waals surface area contributed by atoms with Crippen molar-refractivity contribution in [2.75, 3.05) is 0 Å². The molecule has 5 aromatic rings. The van der Waals surface area contributed by atoms with Crippen LogP contribution in [0.5, 0.6) is 0 Å². The van der Waals surface area contributed by atoms with Crippen LogP contribution in [0.2, 0.25) is 0 Å². The Hall–Kier alpha value is -3.82. The lowest BCUT2D eigenvalue weighted by Crippen LogP contribution is -2.23. The highest BCUT2D eigenvalue weighted by Gasteiger charge is 2.18. The average Bonchev–Trinajstić information content (AvgIpc) is 3.55. The fraction of sp³-hybridized carbons (Fsp3) is 0.115. The lowest BCUT2D eigenvalue weighted by atomic mass is 10.2.